The summed E-state index contributed by atoms with van der Waals surface area (Å²) in [6.45, 7) is 2.11. The number of carbonyl (C=O) groups is 1. The molecule has 1 aliphatic carbocycles. The van der Waals surface area contributed by atoms with E-state index in [2.05, 4.69) is 13.0 Å². The Labute approximate surface area is 108 Å². The van der Waals surface area contributed by atoms with E-state index in [1.165, 1.54) is 5.56 Å². The van der Waals surface area contributed by atoms with Gasteiger partial charge in [-0.1, -0.05) is 18.2 Å². The molecule has 18 heavy (non-hydrogen) atoms. The Hall–Kier alpha value is -1.35. The maximum Gasteiger partial charge on any atom is 0.229 e. The quantitative estimate of drug-likeness (QED) is 0.867. The molecule has 1 amide bonds. The Balaban J connectivity index is 1.81. The van der Waals surface area contributed by atoms with Crippen molar-refractivity contribution in [2.45, 2.75) is 50.6 Å². The lowest BCUT2D eigenvalue weighted by atomic mass is 9.75. The van der Waals surface area contributed by atoms with Gasteiger partial charge in [-0.3, -0.25) is 4.79 Å². The van der Waals surface area contributed by atoms with Crippen molar-refractivity contribution in [3.8, 4) is 0 Å². The van der Waals surface area contributed by atoms with Crippen molar-refractivity contribution in [3.63, 3.8) is 0 Å². The predicted molar refractivity (Wildman–Crippen MR) is 72.5 cm³/mol. The summed E-state index contributed by atoms with van der Waals surface area (Å²) >= 11 is 0. The number of fused-ring (bicyclic) bond motifs is 1. The second-order valence-corrected chi connectivity index (χ2v) is 5.84. The van der Waals surface area contributed by atoms with Gasteiger partial charge in [0.05, 0.1) is 0 Å². The molecule has 0 spiro atoms. The molecule has 1 aromatic carbocycles. The van der Waals surface area contributed by atoms with E-state index in [1.807, 2.05) is 23.1 Å². The molecule has 2 aliphatic rings. The van der Waals surface area contributed by atoms with E-state index in [0.29, 0.717) is 6.42 Å². The first kappa shape index (κ1) is 11.7. The van der Waals surface area contributed by atoms with Crippen LogP contribution in [0.25, 0.3) is 0 Å². The van der Waals surface area contributed by atoms with Crippen molar-refractivity contribution in [2.24, 2.45) is 5.73 Å². The molecule has 3 heteroatoms. The lowest BCUT2D eigenvalue weighted by Crippen LogP contribution is -2.51. The molecule has 0 saturated heterocycles. The highest BCUT2D eigenvalue weighted by molar-refractivity contribution is 5.96. The van der Waals surface area contributed by atoms with Crippen LogP contribution in [0.1, 0.15) is 38.2 Å². The zero-order chi connectivity index (χ0) is 12.8. The molecule has 1 heterocycles. The van der Waals surface area contributed by atoms with Gasteiger partial charge in [0.2, 0.25) is 5.91 Å². The van der Waals surface area contributed by atoms with Crippen molar-refractivity contribution in [1.29, 1.82) is 0 Å². The number of hydrogen-bond donors (Lipinski definition) is 1. The van der Waals surface area contributed by atoms with Crippen LogP contribution in [0.3, 0.4) is 0 Å². The van der Waals surface area contributed by atoms with E-state index in [4.69, 9.17) is 5.73 Å². The Morgan fingerprint density at radius 1 is 1.44 bits per heavy atom. The fourth-order valence-corrected chi connectivity index (χ4v) is 3.14. The Bertz CT molecular complexity index is 479. The van der Waals surface area contributed by atoms with Gasteiger partial charge in [-0.15, -0.1) is 0 Å². The number of hydrogen-bond acceptors (Lipinski definition) is 2. The maximum atomic E-state index is 12.5. The van der Waals surface area contributed by atoms with Gasteiger partial charge in [0, 0.05) is 23.7 Å². The van der Waals surface area contributed by atoms with Gasteiger partial charge < -0.3 is 10.6 Å². The molecule has 0 aromatic heterocycles. The second kappa shape index (κ2) is 4.09. The van der Waals surface area contributed by atoms with Gasteiger partial charge in [0.25, 0.3) is 0 Å². The van der Waals surface area contributed by atoms with Crippen LogP contribution in [-0.4, -0.2) is 17.5 Å². The van der Waals surface area contributed by atoms with Gasteiger partial charge in [0.15, 0.2) is 0 Å². The normalized spacial score (nSPS) is 24.6. The number of nitrogens with zero attached hydrogens (tertiary/aromatic N) is 1. The van der Waals surface area contributed by atoms with E-state index >= 15 is 0 Å². The minimum absolute atomic E-state index is 0.189. The van der Waals surface area contributed by atoms with E-state index < -0.39 is 0 Å². The molecule has 1 atom stereocenters. The Morgan fingerprint density at radius 3 is 2.83 bits per heavy atom. The van der Waals surface area contributed by atoms with Crippen LogP contribution >= 0.6 is 0 Å². The van der Waals surface area contributed by atoms with Gasteiger partial charge in [-0.05, 0) is 44.2 Å². The summed E-state index contributed by atoms with van der Waals surface area (Å²) in [5, 5.41) is 0. The van der Waals surface area contributed by atoms with Gasteiger partial charge in [-0.2, -0.15) is 0 Å². The van der Waals surface area contributed by atoms with Crippen LogP contribution in [0.2, 0.25) is 0 Å². The molecular formula is C15H20N2O. The van der Waals surface area contributed by atoms with Crippen LogP contribution in [0.15, 0.2) is 24.3 Å². The molecule has 1 unspecified atom stereocenters. The number of para-hydroxylation sites is 1. The molecular weight excluding hydrogens is 224 g/mol. The average molecular weight is 244 g/mol. The molecule has 1 fully saturated rings. The number of carbonyl (C=O) groups excluding carboxylic acids is 1. The summed E-state index contributed by atoms with van der Waals surface area (Å²) in [6.07, 6.45) is 4.59. The van der Waals surface area contributed by atoms with E-state index in [9.17, 15) is 4.79 Å². The highest BCUT2D eigenvalue weighted by Crippen LogP contribution is 2.36. The van der Waals surface area contributed by atoms with Crippen LogP contribution in [0, 0.1) is 0 Å². The van der Waals surface area contributed by atoms with Gasteiger partial charge in [-0.25, -0.2) is 0 Å². The third kappa shape index (κ3) is 1.83. The molecule has 1 aliphatic heterocycles. The van der Waals surface area contributed by atoms with Crippen molar-refractivity contribution >= 4 is 11.6 Å². The standard InChI is InChI=1S/C15H20N2O/c1-11-9-12-5-2-3-6-13(12)17(11)14(18)10-15(16)7-4-8-15/h2-3,5-6,11H,4,7-10,16H2,1H3. The number of amides is 1. The maximum absolute atomic E-state index is 12.5. The SMILES string of the molecule is CC1Cc2ccccc2N1C(=O)CC1(N)CCC1. The topological polar surface area (TPSA) is 46.3 Å². The number of nitrogens with two attached hydrogens (primary N) is 1. The van der Waals surface area contributed by atoms with E-state index in [0.717, 1.165) is 31.4 Å². The minimum atomic E-state index is -0.228. The lowest BCUT2D eigenvalue weighted by Gasteiger charge is -2.39. The highest BCUT2D eigenvalue weighted by Gasteiger charge is 2.39. The van der Waals surface area contributed by atoms with Crippen molar-refractivity contribution in [1.82, 2.24) is 0 Å². The number of anilines is 1. The van der Waals surface area contributed by atoms with Crippen molar-refractivity contribution in [3.05, 3.63) is 29.8 Å². The minimum Gasteiger partial charge on any atom is -0.325 e. The lowest BCUT2D eigenvalue weighted by molar-refractivity contribution is -0.120. The monoisotopic (exact) mass is 244 g/mol. The predicted octanol–water partition coefficient (Wildman–Crippen LogP) is 2.24. The fraction of sp³-hybridized carbons (Fsp3) is 0.533. The molecule has 3 nitrogen and oxygen atoms in total. The first-order valence-corrected chi connectivity index (χ1v) is 6.78. The van der Waals surface area contributed by atoms with Crippen LogP contribution in [-0.2, 0) is 11.2 Å². The zero-order valence-electron chi connectivity index (χ0n) is 10.9. The Kier molecular flexibility index (Phi) is 2.67. The van der Waals surface area contributed by atoms with E-state index in [1.54, 1.807) is 0 Å². The third-order valence-corrected chi connectivity index (χ3v) is 4.33. The molecule has 0 bridgehead atoms. The molecule has 3 rings (SSSR count). The molecule has 0 radical (unpaired) electrons. The summed E-state index contributed by atoms with van der Waals surface area (Å²) in [7, 11) is 0. The summed E-state index contributed by atoms with van der Waals surface area (Å²) in [6, 6.07) is 8.45. The number of benzene rings is 1. The first-order chi connectivity index (χ1) is 8.59. The summed E-state index contributed by atoms with van der Waals surface area (Å²) in [5.41, 5.74) is 8.32. The molecule has 1 aromatic rings. The smallest absolute Gasteiger partial charge is 0.229 e. The van der Waals surface area contributed by atoms with Gasteiger partial charge >= 0.3 is 0 Å². The summed E-state index contributed by atoms with van der Waals surface area (Å²) in [4.78, 5) is 14.4. The summed E-state index contributed by atoms with van der Waals surface area (Å²) < 4.78 is 0. The van der Waals surface area contributed by atoms with Crippen molar-refractivity contribution in [2.75, 3.05) is 4.90 Å². The first-order valence-electron chi connectivity index (χ1n) is 6.78. The van der Waals surface area contributed by atoms with E-state index in [-0.39, 0.29) is 17.5 Å². The van der Waals surface area contributed by atoms with Crippen LogP contribution in [0.5, 0.6) is 0 Å². The zero-order valence-corrected chi connectivity index (χ0v) is 10.9. The molecule has 1 saturated carbocycles. The number of rotatable bonds is 2. The third-order valence-electron chi connectivity index (χ3n) is 4.33. The molecule has 96 valence electrons. The highest BCUT2D eigenvalue weighted by atomic mass is 16.2. The summed E-state index contributed by atoms with van der Waals surface area (Å²) in [5.74, 6) is 0.189. The van der Waals surface area contributed by atoms with Crippen molar-refractivity contribution < 1.29 is 4.79 Å². The van der Waals surface area contributed by atoms with Crippen LogP contribution < -0.4 is 10.6 Å². The largest absolute Gasteiger partial charge is 0.325 e. The van der Waals surface area contributed by atoms with Gasteiger partial charge in [0.1, 0.15) is 0 Å². The Morgan fingerprint density at radius 2 is 2.17 bits per heavy atom. The van der Waals surface area contributed by atoms with Crippen LogP contribution in [0.4, 0.5) is 5.69 Å². The second-order valence-electron chi connectivity index (χ2n) is 5.84. The fourth-order valence-electron chi connectivity index (χ4n) is 3.14. The molecule has 2 N–H and O–H groups in total. The average Bonchev–Trinajstić information content (AvgIpc) is 2.62.